The largest absolute Gasteiger partial charge is 0.366 e. The zero-order valence-electron chi connectivity index (χ0n) is 14.9. The van der Waals surface area contributed by atoms with Gasteiger partial charge in [-0.2, -0.15) is 9.78 Å². The maximum atomic E-state index is 13.1. The Morgan fingerprint density at radius 3 is 2.50 bits per heavy atom. The SMILES string of the molecule is CC(C)(C)C(=O)n1nc(-c2ccncn2)cc1NCc1ccc(F)cc1. The van der Waals surface area contributed by atoms with Crippen molar-refractivity contribution in [2.24, 2.45) is 5.41 Å². The highest BCUT2D eigenvalue weighted by atomic mass is 19.1. The second-order valence-electron chi connectivity index (χ2n) is 6.96. The number of benzene rings is 1. The third kappa shape index (κ3) is 3.93. The zero-order valence-corrected chi connectivity index (χ0v) is 14.9. The lowest BCUT2D eigenvalue weighted by Crippen LogP contribution is -2.28. The summed E-state index contributed by atoms with van der Waals surface area (Å²) < 4.78 is 14.4. The topological polar surface area (TPSA) is 72.7 Å². The number of rotatable bonds is 4. The molecule has 0 amide bonds. The minimum absolute atomic E-state index is 0.139. The van der Waals surface area contributed by atoms with Crippen LogP contribution in [0.4, 0.5) is 10.2 Å². The quantitative estimate of drug-likeness (QED) is 0.773. The Labute approximate surface area is 151 Å². The van der Waals surface area contributed by atoms with Crippen LogP contribution in [0.2, 0.25) is 0 Å². The van der Waals surface area contributed by atoms with Gasteiger partial charge in [0.2, 0.25) is 0 Å². The molecule has 7 heteroatoms. The number of anilines is 1. The predicted molar refractivity (Wildman–Crippen MR) is 97.1 cm³/mol. The first-order valence-electron chi connectivity index (χ1n) is 8.24. The Morgan fingerprint density at radius 2 is 1.88 bits per heavy atom. The lowest BCUT2D eigenvalue weighted by Gasteiger charge is -2.18. The third-order valence-electron chi connectivity index (χ3n) is 3.77. The molecule has 134 valence electrons. The normalized spacial score (nSPS) is 11.4. The number of nitrogens with one attached hydrogen (secondary N) is 1. The van der Waals surface area contributed by atoms with Crippen molar-refractivity contribution in [2.75, 3.05) is 5.32 Å². The number of halogens is 1. The fourth-order valence-corrected chi connectivity index (χ4v) is 2.34. The molecule has 0 saturated heterocycles. The van der Waals surface area contributed by atoms with Gasteiger partial charge in [0.15, 0.2) is 0 Å². The number of hydrogen-bond acceptors (Lipinski definition) is 5. The van der Waals surface area contributed by atoms with Crippen LogP contribution in [-0.2, 0) is 6.54 Å². The molecular weight excluding hydrogens is 333 g/mol. The van der Waals surface area contributed by atoms with Crippen molar-refractivity contribution in [3.63, 3.8) is 0 Å². The van der Waals surface area contributed by atoms with Crippen molar-refractivity contribution < 1.29 is 9.18 Å². The fraction of sp³-hybridized carbons (Fsp3) is 0.263. The first-order valence-corrected chi connectivity index (χ1v) is 8.24. The van der Waals surface area contributed by atoms with E-state index < -0.39 is 5.41 Å². The number of aromatic nitrogens is 4. The molecule has 0 aliphatic carbocycles. The molecule has 1 aromatic carbocycles. The lowest BCUT2D eigenvalue weighted by atomic mass is 9.96. The molecule has 3 aromatic rings. The maximum absolute atomic E-state index is 13.1. The summed E-state index contributed by atoms with van der Waals surface area (Å²) in [7, 11) is 0. The predicted octanol–water partition coefficient (Wildman–Crippen LogP) is 3.78. The van der Waals surface area contributed by atoms with Crippen LogP contribution in [0, 0.1) is 11.2 Å². The maximum Gasteiger partial charge on any atom is 0.254 e. The van der Waals surface area contributed by atoms with E-state index >= 15 is 0 Å². The molecule has 0 aliphatic rings. The molecule has 0 unspecified atom stereocenters. The van der Waals surface area contributed by atoms with Gasteiger partial charge in [0.05, 0.1) is 5.69 Å². The van der Waals surface area contributed by atoms with Crippen molar-refractivity contribution in [3.8, 4) is 11.4 Å². The Kier molecular flexibility index (Phi) is 4.79. The van der Waals surface area contributed by atoms with E-state index in [1.807, 2.05) is 20.8 Å². The third-order valence-corrected chi connectivity index (χ3v) is 3.77. The molecular formula is C19H20FN5O. The lowest BCUT2D eigenvalue weighted by molar-refractivity contribution is 0.0752. The minimum atomic E-state index is -0.596. The van der Waals surface area contributed by atoms with Crippen LogP contribution < -0.4 is 5.32 Å². The molecule has 2 heterocycles. The van der Waals surface area contributed by atoms with Gasteiger partial charge < -0.3 is 5.32 Å². The minimum Gasteiger partial charge on any atom is -0.366 e. The van der Waals surface area contributed by atoms with Crippen LogP contribution in [0.1, 0.15) is 31.1 Å². The van der Waals surface area contributed by atoms with Gasteiger partial charge in [0.1, 0.15) is 23.7 Å². The Hall–Kier alpha value is -3.09. The van der Waals surface area contributed by atoms with Gasteiger partial charge in [-0.3, -0.25) is 4.79 Å². The summed E-state index contributed by atoms with van der Waals surface area (Å²) >= 11 is 0. The molecule has 0 saturated carbocycles. The molecule has 2 aromatic heterocycles. The first kappa shape index (κ1) is 17.7. The monoisotopic (exact) mass is 353 g/mol. The van der Waals surface area contributed by atoms with Crippen LogP contribution in [0.25, 0.3) is 11.4 Å². The standard InChI is InChI=1S/C19H20FN5O/c1-19(2,3)18(26)25-17(22-11-13-4-6-14(20)7-5-13)10-16(24-25)15-8-9-21-12-23-15/h4-10,12,22H,11H2,1-3H3. The van der Waals surface area contributed by atoms with E-state index in [-0.39, 0.29) is 11.7 Å². The van der Waals surface area contributed by atoms with Gasteiger partial charge in [0.25, 0.3) is 5.91 Å². The van der Waals surface area contributed by atoms with E-state index in [4.69, 9.17) is 0 Å². The smallest absolute Gasteiger partial charge is 0.254 e. The zero-order chi connectivity index (χ0) is 18.7. The molecule has 0 spiro atoms. The molecule has 0 aliphatic heterocycles. The van der Waals surface area contributed by atoms with E-state index in [1.165, 1.54) is 23.1 Å². The van der Waals surface area contributed by atoms with Crippen molar-refractivity contribution in [2.45, 2.75) is 27.3 Å². The highest BCUT2D eigenvalue weighted by Gasteiger charge is 2.27. The van der Waals surface area contributed by atoms with Crippen LogP contribution >= 0.6 is 0 Å². The van der Waals surface area contributed by atoms with Crippen LogP contribution in [0.15, 0.2) is 48.9 Å². The van der Waals surface area contributed by atoms with Crippen LogP contribution in [0.5, 0.6) is 0 Å². The summed E-state index contributed by atoms with van der Waals surface area (Å²) in [6.07, 6.45) is 3.06. The molecule has 0 atom stereocenters. The van der Waals surface area contributed by atoms with E-state index in [1.54, 1.807) is 30.5 Å². The van der Waals surface area contributed by atoms with E-state index in [9.17, 15) is 9.18 Å². The molecule has 1 N–H and O–H groups in total. The molecule has 26 heavy (non-hydrogen) atoms. The van der Waals surface area contributed by atoms with Crippen LogP contribution in [-0.4, -0.2) is 25.7 Å². The molecule has 0 bridgehead atoms. The van der Waals surface area contributed by atoms with Gasteiger partial charge in [0, 0.05) is 24.2 Å². The average molecular weight is 353 g/mol. The fourth-order valence-electron chi connectivity index (χ4n) is 2.34. The van der Waals surface area contributed by atoms with Crippen molar-refractivity contribution >= 4 is 11.7 Å². The van der Waals surface area contributed by atoms with Crippen molar-refractivity contribution in [1.82, 2.24) is 19.7 Å². The highest BCUT2D eigenvalue weighted by Crippen LogP contribution is 2.24. The van der Waals surface area contributed by atoms with Crippen molar-refractivity contribution in [3.05, 3.63) is 60.3 Å². The van der Waals surface area contributed by atoms with E-state index in [0.717, 1.165) is 5.56 Å². The number of carbonyl (C=O) groups excluding carboxylic acids is 1. The Bertz CT molecular complexity index is 898. The average Bonchev–Trinajstić information content (AvgIpc) is 3.04. The van der Waals surface area contributed by atoms with Crippen LogP contribution in [0.3, 0.4) is 0 Å². The van der Waals surface area contributed by atoms with Gasteiger partial charge in [-0.1, -0.05) is 32.9 Å². The summed E-state index contributed by atoms with van der Waals surface area (Å²) in [5.74, 6) is 0.134. The van der Waals surface area contributed by atoms with Crippen molar-refractivity contribution in [1.29, 1.82) is 0 Å². The summed E-state index contributed by atoms with van der Waals surface area (Å²) in [5, 5.41) is 7.63. The van der Waals surface area contributed by atoms with Gasteiger partial charge in [-0.05, 0) is 23.8 Å². The summed E-state index contributed by atoms with van der Waals surface area (Å²) in [4.78, 5) is 20.8. The Balaban J connectivity index is 1.92. The summed E-state index contributed by atoms with van der Waals surface area (Å²) in [6, 6.07) is 9.70. The molecule has 0 radical (unpaired) electrons. The molecule has 3 rings (SSSR count). The number of carbonyl (C=O) groups is 1. The second kappa shape index (κ2) is 7.03. The number of nitrogens with zero attached hydrogens (tertiary/aromatic N) is 4. The molecule has 6 nitrogen and oxygen atoms in total. The van der Waals surface area contributed by atoms with Gasteiger partial charge in [-0.25, -0.2) is 14.4 Å². The van der Waals surface area contributed by atoms with E-state index in [0.29, 0.717) is 23.8 Å². The molecule has 0 fully saturated rings. The number of hydrogen-bond donors (Lipinski definition) is 1. The van der Waals surface area contributed by atoms with Gasteiger partial charge in [-0.15, -0.1) is 0 Å². The van der Waals surface area contributed by atoms with Gasteiger partial charge >= 0.3 is 0 Å². The van der Waals surface area contributed by atoms with E-state index in [2.05, 4.69) is 20.4 Å². The second-order valence-corrected chi connectivity index (χ2v) is 6.96. The summed E-state index contributed by atoms with van der Waals surface area (Å²) in [6.45, 7) is 5.95. The first-order chi connectivity index (χ1) is 12.3. The Morgan fingerprint density at radius 1 is 1.15 bits per heavy atom. The summed E-state index contributed by atoms with van der Waals surface area (Å²) in [5.41, 5.74) is 1.50. The highest BCUT2D eigenvalue weighted by molar-refractivity contribution is 5.87.